The molecule has 0 bridgehead atoms. The molecule has 0 unspecified atom stereocenters. The van der Waals surface area contributed by atoms with Gasteiger partial charge in [-0.2, -0.15) is 0 Å². The molecule has 45 heavy (non-hydrogen) atoms. The Hall–Kier alpha value is -4.65. The maximum atomic E-state index is 13.1. The molecule has 0 fully saturated rings. The van der Waals surface area contributed by atoms with Crippen molar-refractivity contribution in [2.24, 2.45) is 0 Å². The highest BCUT2D eigenvalue weighted by Crippen LogP contribution is 2.11. The van der Waals surface area contributed by atoms with Gasteiger partial charge in [0.2, 0.25) is 17.7 Å². The van der Waals surface area contributed by atoms with Gasteiger partial charge >= 0.3 is 12.2 Å². The summed E-state index contributed by atoms with van der Waals surface area (Å²) in [6.45, 7) is 8.35. The predicted molar refractivity (Wildman–Crippen MR) is 168 cm³/mol. The Morgan fingerprint density at radius 1 is 0.756 bits per heavy atom. The van der Waals surface area contributed by atoms with E-state index in [4.69, 9.17) is 14.6 Å². The molecule has 0 aliphatic heterocycles. The maximum Gasteiger partial charge on any atom is 0.408 e. The summed E-state index contributed by atoms with van der Waals surface area (Å²) < 4.78 is 10.5. The van der Waals surface area contributed by atoms with Crippen LogP contribution in [0, 0.1) is 0 Å². The lowest BCUT2D eigenvalue weighted by atomic mass is 10.1. The number of ether oxygens (including phenoxy) is 2. The van der Waals surface area contributed by atoms with Crippen LogP contribution in [0.1, 0.15) is 65.0 Å². The lowest BCUT2D eigenvalue weighted by molar-refractivity contribution is -0.131. The molecule has 6 N–H and O–H groups in total. The van der Waals surface area contributed by atoms with Gasteiger partial charge in [-0.1, -0.05) is 42.5 Å². The Balaban J connectivity index is 1.86. The molecule has 0 aromatic heterocycles. The number of aliphatic hydroxyl groups is 1. The van der Waals surface area contributed by atoms with Crippen molar-refractivity contribution < 1.29 is 38.6 Å². The van der Waals surface area contributed by atoms with Gasteiger partial charge in [-0.3, -0.25) is 14.4 Å². The van der Waals surface area contributed by atoms with Crippen LogP contribution in [0.3, 0.4) is 0 Å². The number of alkyl carbamates (subject to hydrolysis) is 2. The normalized spacial score (nSPS) is 12.9. The fraction of sp³-hybridized carbons (Fsp3) is 0.469. The number of rotatable bonds is 15. The third kappa shape index (κ3) is 14.6. The number of aliphatic hydroxyl groups excluding tert-OH is 1. The van der Waals surface area contributed by atoms with Crippen molar-refractivity contribution in [1.29, 1.82) is 0 Å². The molecule has 0 heterocycles. The number of carbonyl (C=O) groups is 5. The molecule has 2 aromatic carbocycles. The van der Waals surface area contributed by atoms with E-state index in [9.17, 15) is 24.0 Å². The molecule has 0 aliphatic rings. The Kier molecular flexibility index (Phi) is 14.8. The van der Waals surface area contributed by atoms with Crippen molar-refractivity contribution in [2.75, 3.05) is 11.9 Å². The molecular weight excluding hydrogens is 582 g/mol. The first kappa shape index (κ1) is 36.5. The van der Waals surface area contributed by atoms with E-state index in [1.165, 1.54) is 13.8 Å². The monoisotopic (exact) mass is 627 g/mol. The Labute approximate surface area is 263 Å². The molecule has 3 atom stereocenters. The van der Waals surface area contributed by atoms with Gasteiger partial charge in [0.15, 0.2) is 0 Å². The van der Waals surface area contributed by atoms with E-state index in [1.54, 1.807) is 45.0 Å². The molecule has 0 aliphatic carbocycles. The number of carbonyl (C=O) groups excluding carboxylic acids is 5. The molecule has 2 rings (SSSR count). The quantitative estimate of drug-likeness (QED) is 0.163. The Morgan fingerprint density at radius 2 is 1.38 bits per heavy atom. The number of unbranched alkanes of at least 4 members (excludes halogenated alkanes) is 1. The van der Waals surface area contributed by atoms with Crippen LogP contribution in [0.4, 0.5) is 15.3 Å². The summed E-state index contributed by atoms with van der Waals surface area (Å²) >= 11 is 0. The number of hydrogen-bond acceptors (Lipinski definition) is 8. The van der Waals surface area contributed by atoms with Gasteiger partial charge in [-0.15, -0.1) is 0 Å². The highest BCUT2D eigenvalue weighted by Gasteiger charge is 2.27. The molecule has 5 amide bonds. The Bertz CT molecular complexity index is 1260. The van der Waals surface area contributed by atoms with Crippen molar-refractivity contribution >= 4 is 35.6 Å². The SMILES string of the molecule is C[C@H](NC(=O)[C@H](C)NC(=O)[C@H](CCCCNC(=O)OCc1ccccc1)NC(=O)OC(C)(C)C)C(=O)Nc1ccc(CO)cc1. The number of amides is 5. The summed E-state index contributed by atoms with van der Waals surface area (Å²) in [7, 11) is 0. The lowest BCUT2D eigenvalue weighted by Gasteiger charge is -2.25. The maximum absolute atomic E-state index is 13.1. The molecule has 2 aromatic rings. The Morgan fingerprint density at radius 3 is 2.00 bits per heavy atom. The van der Waals surface area contributed by atoms with Crippen LogP contribution >= 0.6 is 0 Å². The van der Waals surface area contributed by atoms with Gasteiger partial charge in [0, 0.05) is 12.2 Å². The van der Waals surface area contributed by atoms with Gasteiger partial charge in [-0.05, 0) is 77.1 Å². The first-order chi connectivity index (χ1) is 21.3. The van der Waals surface area contributed by atoms with Crippen LogP contribution in [0.25, 0.3) is 0 Å². The van der Waals surface area contributed by atoms with Crippen molar-refractivity contribution in [1.82, 2.24) is 21.3 Å². The standard InChI is InChI=1S/C32H45N5O8/c1-21(27(39)34-22(2)28(40)36-25-16-14-23(19-38)15-17-25)35-29(41)26(37-31(43)45-32(3,4)5)13-9-10-18-33-30(42)44-20-24-11-7-6-8-12-24/h6-8,11-12,14-17,21-22,26,38H,9-10,13,18-20H2,1-5H3,(H,33,42)(H,34,39)(H,35,41)(H,36,40)(H,37,43)/t21-,22-,26-/m0/s1. The van der Waals surface area contributed by atoms with Crippen LogP contribution < -0.4 is 26.6 Å². The zero-order chi connectivity index (χ0) is 33.4. The molecule has 0 radical (unpaired) electrons. The van der Waals surface area contributed by atoms with E-state index in [0.717, 1.165) is 5.56 Å². The van der Waals surface area contributed by atoms with Gasteiger partial charge in [-0.25, -0.2) is 9.59 Å². The van der Waals surface area contributed by atoms with Crippen LogP contribution in [-0.2, 0) is 37.1 Å². The average molecular weight is 628 g/mol. The van der Waals surface area contributed by atoms with E-state index in [2.05, 4.69) is 26.6 Å². The molecule has 0 saturated carbocycles. The van der Waals surface area contributed by atoms with E-state index < -0.39 is 53.6 Å². The third-order valence-corrected chi connectivity index (χ3v) is 6.32. The van der Waals surface area contributed by atoms with Crippen molar-refractivity contribution in [3.8, 4) is 0 Å². The van der Waals surface area contributed by atoms with Gasteiger partial charge in [0.05, 0.1) is 6.61 Å². The number of nitrogens with one attached hydrogen (secondary N) is 5. The second kappa shape index (κ2) is 18.2. The van der Waals surface area contributed by atoms with Crippen LogP contribution in [0.2, 0.25) is 0 Å². The topological polar surface area (TPSA) is 184 Å². The average Bonchev–Trinajstić information content (AvgIpc) is 2.99. The van der Waals surface area contributed by atoms with Crippen LogP contribution in [0.5, 0.6) is 0 Å². The first-order valence-corrected chi connectivity index (χ1v) is 14.8. The summed E-state index contributed by atoms with van der Waals surface area (Å²) in [6.07, 6.45) is -0.217. The third-order valence-electron chi connectivity index (χ3n) is 6.32. The second-order valence-corrected chi connectivity index (χ2v) is 11.5. The fourth-order valence-electron chi connectivity index (χ4n) is 3.88. The highest BCUT2D eigenvalue weighted by atomic mass is 16.6. The van der Waals surface area contributed by atoms with E-state index in [1.807, 2.05) is 30.3 Å². The largest absolute Gasteiger partial charge is 0.445 e. The van der Waals surface area contributed by atoms with Gasteiger partial charge in [0.25, 0.3) is 0 Å². The minimum absolute atomic E-state index is 0.123. The van der Waals surface area contributed by atoms with Crippen LogP contribution in [0.15, 0.2) is 54.6 Å². The predicted octanol–water partition coefficient (Wildman–Crippen LogP) is 3.12. The number of hydrogen-bond donors (Lipinski definition) is 6. The van der Waals surface area contributed by atoms with Crippen LogP contribution in [-0.4, -0.2) is 65.3 Å². The summed E-state index contributed by atoms with van der Waals surface area (Å²) in [5.74, 6) is -1.68. The second-order valence-electron chi connectivity index (χ2n) is 11.5. The van der Waals surface area contributed by atoms with Crippen molar-refractivity contribution in [3.05, 3.63) is 65.7 Å². The number of benzene rings is 2. The minimum atomic E-state index is -1.03. The molecule has 13 heteroatoms. The summed E-state index contributed by atoms with van der Waals surface area (Å²) in [5, 5.41) is 22.2. The minimum Gasteiger partial charge on any atom is -0.445 e. The molecule has 13 nitrogen and oxygen atoms in total. The van der Waals surface area contributed by atoms with E-state index >= 15 is 0 Å². The fourth-order valence-corrected chi connectivity index (χ4v) is 3.88. The zero-order valence-corrected chi connectivity index (χ0v) is 26.5. The zero-order valence-electron chi connectivity index (χ0n) is 26.5. The van der Waals surface area contributed by atoms with E-state index in [-0.39, 0.29) is 19.6 Å². The first-order valence-electron chi connectivity index (χ1n) is 14.8. The molecule has 0 saturated heterocycles. The van der Waals surface area contributed by atoms with Crippen molar-refractivity contribution in [3.63, 3.8) is 0 Å². The smallest absolute Gasteiger partial charge is 0.408 e. The molecule has 0 spiro atoms. The summed E-state index contributed by atoms with van der Waals surface area (Å²) in [4.78, 5) is 62.9. The van der Waals surface area contributed by atoms with Gasteiger partial charge in [0.1, 0.15) is 30.3 Å². The highest BCUT2D eigenvalue weighted by molar-refractivity contribution is 5.98. The molecule has 246 valence electrons. The van der Waals surface area contributed by atoms with Gasteiger partial charge < -0.3 is 41.2 Å². The lowest BCUT2D eigenvalue weighted by Crippen LogP contribution is -2.55. The molecular formula is C32H45N5O8. The summed E-state index contributed by atoms with van der Waals surface area (Å²) in [5.41, 5.74) is 1.25. The number of anilines is 1. The van der Waals surface area contributed by atoms with Crippen molar-refractivity contribution in [2.45, 2.75) is 90.8 Å². The van der Waals surface area contributed by atoms with E-state index in [0.29, 0.717) is 30.6 Å². The summed E-state index contributed by atoms with van der Waals surface area (Å²) in [6, 6.07) is 12.9.